The quantitative estimate of drug-likeness (QED) is 0.773. The SMILES string of the molecule is CC(C)C(C)OCc1ccc(Cl)nn1. The van der Waals surface area contributed by atoms with E-state index < -0.39 is 0 Å². The monoisotopic (exact) mass is 214 g/mol. The minimum absolute atomic E-state index is 0.229. The van der Waals surface area contributed by atoms with E-state index in [2.05, 4.69) is 24.0 Å². The van der Waals surface area contributed by atoms with Gasteiger partial charge in [-0.3, -0.25) is 0 Å². The highest BCUT2D eigenvalue weighted by Gasteiger charge is 2.07. The molecule has 0 aliphatic carbocycles. The van der Waals surface area contributed by atoms with Crippen LogP contribution in [0.15, 0.2) is 12.1 Å². The third kappa shape index (κ3) is 3.60. The van der Waals surface area contributed by atoms with E-state index in [-0.39, 0.29) is 6.10 Å². The molecule has 0 amide bonds. The van der Waals surface area contributed by atoms with Crippen LogP contribution in [0.4, 0.5) is 0 Å². The summed E-state index contributed by atoms with van der Waals surface area (Å²) in [6.45, 7) is 6.79. The Bertz CT molecular complexity index is 274. The molecule has 4 heteroatoms. The Kier molecular flexibility index (Phi) is 4.29. The molecule has 0 saturated heterocycles. The maximum absolute atomic E-state index is 5.61. The van der Waals surface area contributed by atoms with E-state index in [1.165, 1.54) is 0 Å². The smallest absolute Gasteiger partial charge is 0.151 e. The maximum atomic E-state index is 5.61. The highest BCUT2D eigenvalue weighted by molar-refractivity contribution is 6.29. The number of rotatable bonds is 4. The van der Waals surface area contributed by atoms with Gasteiger partial charge in [0.1, 0.15) is 0 Å². The van der Waals surface area contributed by atoms with Gasteiger partial charge in [-0.05, 0) is 25.0 Å². The van der Waals surface area contributed by atoms with E-state index in [1.54, 1.807) is 6.07 Å². The van der Waals surface area contributed by atoms with Gasteiger partial charge < -0.3 is 4.74 Å². The first-order chi connectivity index (χ1) is 6.59. The number of ether oxygens (including phenoxy) is 1. The lowest BCUT2D eigenvalue weighted by Gasteiger charge is -2.15. The van der Waals surface area contributed by atoms with Gasteiger partial charge in [-0.1, -0.05) is 25.4 Å². The summed E-state index contributed by atoms with van der Waals surface area (Å²) < 4.78 is 5.58. The zero-order chi connectivity index (χ0) is 10.6. The van der Waals surface area contributed by atoms with Crippen molar-refractivity contribution in [3.8, 4) is 0 Å². The van der Waals surface area contributed by atoms with Crippen LogP contribution in [0.1, 0.15) is 26.5 Å². The molecule has 1 atom stereocenters. The molecule has 0 aromatic carbocycles. The Morgan fingerprint density at radius 1 is 1.29 bits per heavy atom. The molecule has 0 spiro atoms. The molecule has 0 N–H and O–H groups in total. The second-order valence-electron chi connectivity index (χ2n) is 3.61. The molecule has 78 valence electrons. The molecular formula is C10H15ClN2O. The minimum Gasteiger partial charge on any atom is -0.372 e. The van der Waals surface area contributed by atoms with E-state index in [0.29, 0.717) is 17.7 Å². The summed E-state index contributed by atoms with van der Waals surface area (Å²) in [7, 11) is 0. The van der Waals surface area contributed by atoms with Crippen LogP contribution < -0.4 is 0 Å². The van der Waals surface area contributed by atoms with Gasteiger partial charge in [-0.15, -0.1) is 5.10 Å². The minimum atomic E-state index is 0.229. The van der Waals surface area contributed by atoms with Crippen LogP contribution in [-0.2, 0) is 11.3 Å². The number of hydrogen-bond donors (Lipinski definition) is 0. The average molecular weight is 215 g/mol. The number of halogens is 1. The van der Waals surface area contributed by atoms with Crippen molar-refractivity contribution < 1.29 is 4.74 Å². The van der Waals surface area contributed by atoms with Gasteiger partial charge in [-0.25, -0.2) is 0 Å². The normalized spacial score (nSPS) is 13.2. The third-order valence-corrected chi connectivity index (χ3v) is 2.32. The molecule has 1 aromatic rings. The summed E-state index contributed by atoms with van der Waals surface area (Å²) in [4.78, 5) is 0. The lowest BCUT2D eigenvalue weighted by molar-refractivity contribution is 0.0215. The third-order valence-electron chi connectivity index (χ3n) is 2.12. The van der Waals surface area contributed by atoms with Crippen molar-refractivity contribution in [2.75, 3.05) is 0 Å². The van der Waals surface area contributed by atoms with Gasteiger partial charge in [0.2, 0.25) is 0 Å². The Morgan fingerprint density at radius 2 is 2.00 bits per heavy atom. The Balaban J connectivity index is 2.42. The average Bonchev–Trinajstić information content (AvgIpc) is 2.16. The molecule has 0 radical (unpaired) electrons. The Hall–Kier alpha value is -0.670. The van der Waals surface area contributed by atoms with Crippen LogP contribution in [0.25, 0.3) is 0 Å². The van der Waals surface area contributed by atoms with E-state index in [1.807, 2.05) is 13.0 Å². The highest BCUT2D eigenvalue weighted by atomic mass is 35.5. The van der Waals surface area contributed by atoms with Crippen LogP contribution in [0.2, 0.25) is 5.15 Å². The molecular weight excluding hydrogens is 200 g/mol. The van der Waals surface area contributed by atoms with E-state index in [9.17, 15) is 0 Å². The summed E-state index contributed by atoms with van der Waals surface area (Å²) in [6, 6.07) is 3.54. The summed E-state index contributed by atoms with van der Waals surface area (Å²) in [5.74, 6) is 0.509. The van der Waals surface area contributed by atoms with Gasteiger partial charge in [0.15, 0.2) is 5.15 Å². The number of aromatic nitrogens is 2. The molecule has 1 aromatic heterocycles. The predicted octanol–water partition coefficient (Wildman–Crippen LogP) is 2.69. The van der Waals surface area contributed by atoms with Gasteiger partial charge in [0.05, 0.1) is 18.4 Å². The fraction of sp³-hybridized carbons (Fsp3) is 0.600. The van der Waals surface area contributed by atoms with Crippen LogP contribution in [0, 0.1) is 5.92 Å². The van der Waals surface area contributed by atoms with E-state index in [0.717, 1.165) is 5.69 Å². The fourth-order valence-corrected chi connectivity index (χ4v) is 0.931. The zero-order valence-electron chi connectivity index (χ0n) is 8.70. The first kappa shape index (κ1) is 11.4. The molecule has 0 aliphatic rings. The summed E-state index contributed by atoms with van der Waals surface area (Å²) in [5.41, 5.74) is 0.807. The molecule has 1 heterocycles. The molecule has 0 aliphatic heterocycles. The molecule has 14 heavy (non-hydrogen) atoms. The molecule has 0 fully saturated rings. The summed E-state index contributed by atoms with van der Waals surface area (Å²) >= 11 is 5.61. The first-order valence-corrected chi connectivity index (χ1v) is 5.07. The molecule has 1 rings (SSSR count). The van der Waals surface area contributed by atoms with Crippen LogP contribution in [0.3, 0.4) is 0 Å². The second-order valence-corrected chi connectivity index (χ2v) is 3.99. The van der Waals surface area contributed by atoms with Gasteiger partial charge in [-0.2, -0.15) is 5.10 Å². The summed E-state index contributed by atoms with van der Waals surface area (Å²) in [5, 5.41) is 8.05. The van der Waals surface area contributed by atoms with Gasteiger partial charge in [0.25, 0.3) is 0 Å². The molecule has 3 nitrogen and oxygen atoms in total. The van der Waals surface area contributed by atoms with Crippen molar-refractivity contribution in [1.82, 2.24) is 10.2 Å². The van der Waals surface area contributed by atoms with Gasteiger partial charge in [0, 0.05) is 0 Å². The van der Waals surface area contributed by atoms with Crippen LogP contribution in [0.5, 0.6) is 0 Å². The van der Waals surface area contributed by atoms with E-state index >= 15 is 0 Å². The van der Waals surface area contributed by atoms with Crippen LogP contribution in [-0.4, -0.2) is 16.3 Å². The maximum Gasteiger partial charge on any atom is 0.151 e. The number of nitrogens with zero attached hydrogens (tertiary/aromatic N) is 2. The fourth-order valence-electron chi connectivity index (χ4n) is 0.830. The second kappa shape index (κ2) is 5.27. The highest BCUT2D eigenvalue weighted by Crippen LogP contribution is 2.09. The predicted molar refractivity (Wildman–Crippen MR) is 56.1 cm³/mol. The molecule has 0 bridgehead atoms. The van der Waals surface area contributed by atoms with Crippen molar-refractivity contribution >= 4 is 11.6 Å². The largest absolute Gasteiger partial charge is 0.372 e. The zero-order valence-corrected chi connectivity index (χ0v) is 9.45. The van der Waals surface area contributed by atoms with E-state index in [4.69, 9.17) is 16.3 Å². The van der Waals surface area contributed by atoms with Crippen molar-refractivity contribution in [2.45, 2.75) is 33.5 Å². The van der Waals surface area contributed by atoms with Gasteiger partial charge >= 0.3 is 0 Å². The van der Waals surface area contributed by atoms with Crippen molar-refractivity contribution in [1.29, 1.82) is 0 Å². The standard InChI is InChI=1S/C10H15ClN2O/c1-7(2)8(3)14-6-9-4-5-10(11)13-12-9/h4-5,7-8H,6H2,1-3H3. The molecule has 1 unspecified atom stereocenters. The van der Waals surface area contributed by atoms with Crippen molar-refractivity contribution in [3.63, 3.8) is 0 Å². The lowest BCUT2D eigenvalue weighted by atomic mass is 10.1. The topological polar surface area (TPSA) is 35.0 Å². The van der Waals surface area contributed by atoms with Crippen LogP contribution >= 0.6 is 11.6 Å². The first-order valence-electron chi connectivity index (χ1n) is 4.69. The molecule has 0 saturated carbocycles. The summed E-state index contributed by atoms with van der Waals surface area (Å²) in [6.07, 6.45) is 0.229. The number of hydrogen-bond acceptors (Lipinski definition) is 3. The Morgan fingerprint density at radius 3 is 2.50 bits per heavy atom. The van der Waals surface area contributed by atoms with Crippen molar-refractivity contribution in [3.05, 3.63) is 23.0 Å². The van der Waals surface area contributed by atoms with Crippen molar-refractivity contribution in [2.24, 2.45) is 5.92 Å². The Labute approximate surface area is 89.4 Å². The lowest BCUT2D eigenvalue weighted by Crippen LogP contribution is -2.15.